The van der Waals surface area contributed by atoms with Crippen molar-refractivity contribution in [2.24, 2.45) is 35.5 Å². The zero-order chi connectivity index (χ0) is 24.0. The highest BCUT2D eigenvalue weighted by Gasteiger charge is 2.41. The highest BCUT2D eigenvalue weighted by molar-refractivity contribution is 5.80. The number of esters is 1. The number of hydrogen-bond donors (Lipinski definition) is 2. The van der Waals surface area contributed by atoms with E-state index in [1.54, 1.807) is 0 Å². The number of ether oxygens (including phenoxy) is 1. The standard InChI is InChI=1S/C27H44O5/c1-7-18(5)27(31)32-25-13-17(4)12-20-9-8-19(6)23(26(20)25)11-10-21(28)14-22(29)15-24(30)16(2)3/h8-9,12,16-19,21-23,25-26,28-29H,7,10-11,13-15H2,1-6H3/t17-,18-,19-,21+,22+,23-,25-,26-/m0/s1. The topological polar surface area (TPSA) is 83.8 Å². The van der Waals surface area contributed by atoms with E-state index in [1.807, 2.05) is 27.7 Å². The normalized spacial score (nSPS) is 30.3. The van der Waals surface area contributed by atoms with Crippen LogP contribution in [0.25, 0.3) is 0 Å². The molecule has 2 N–H and O–H groups in total. The van der Waals surface area contributed by atoms with Crippen LogP contribution < -0.4 is 0 Å². The quantitative estimate of drug-likeness (QED) is 0.441. The maximum Gasteiger partial charge on any atom is 0.308 e. The van der Waals surface area contributed by atoms with Gasteiger partial charge in [0.05, 0.1) is 18.1 Å². The summed E-state index contributed by atoms with van der Waals surface area (Å²) in [5, 5.41) is 20.8. The lowest BCUT2D eigenvalue weighted by molar-refractivity contribution is -0.158. The fraction of sp³-hybridized carbons (Fsp3) is 0.778. The molecule has 2 aliphatic rings. The van der Waals surface area contributed by atoms with E-state index in [9.17, 15) is 19.8 Å². The summed E-state index contributed by atoms with van der Waals surface area (Å²) in [4.78, 5) is 24.4. The predicted octanol–water partition coefficient (Wildman–Crippen LogP) is 4.86. The average molecular weight is 449 g/mol. The van der Waals surface area contributed by atoms with E-state index in [0.29, 0.717) is 18.3 Å². The van der Waals surface area contributed by atoms with Gasteiger partial charge in [-0.1, -0.05) is 59.8 Å². The Morgan fingerprint density at radius 1 is 1.16 bits per heavy atom. The number of aliphatic hydroxyl groups is 2. The molecule has 0 aromatic rings. The Morgan fingerprint density at radius 2 is 1.84 bits per heavy atom. The summed E-state index contributed by atoms with van der Waals surface area (Å²) >= 11 is 0. The zero-order valence-corrected chi connectivity index (χ0v) is 20.8. The van der Waals surface area contributed by atoms with Gasteiger partial charge in [0.2, 0.25) is 0 Å². The summed E-state index contributed by atoms with van der Waals surface area (Å²) in [6, 6.07) is 0. The first-order valence-corrected chi connectivity index (χ1v) is 12.5. The molecule has 0 aromatic carbocycles. The molecule has 0 amide bonds. The fourth-order valence-corrected chi connectivity index (χ4v) is 5.02. The minimum Gasteiger partial charge on any atom is -0.461 e. The van der Waals surface area contributed by atoms with Gasteiger partial charge in [0.1, 0.15) is 11.9 Å². The Hall–Kier alpha value is -1.46. The van der Waals surface area contributed by atoms with Crippen LogP contribution in [0.3, 0.4) is 0 Å². The molecule has 8 atom stereocenters. The van der Waals surface area contributed by atoms with Gasteiger partial charge in [-0.15, -0.1) is 0 Å². The first-order valence-electron chi connectivity index (χ1n) is 12.5. The van der Waals surface area contributed by atoms with Crippen molar-refractivity contribution in [2.75, 3.05) is 0 Å². The van der Waals surface area contributed by atoms with Crippen LogP contribution in [-0.2, 0) is 14.3 Å². The molecule has 0 saturated heterocycles. The SMILES string of the molecule is CC[C@H](C)C(=O)O[C@H]1C[C@@H](C)C=C2C=C[C@H](C)[C@H](CC[C@@H](O)C[C@@H](O)CC(=O)C(C)C)[C@H]21. The van der Waals surface area contributed by atoms with Gasteiger partial charge in [-0.25, -0.2) is 0 Å². The molecule has 0 radical (unpaired) electrons. The molecule has 0 heterocycles. The molecule has 0 bridgehead atoms. The van der Waals surface area contributed by atoms with Gasteiger partial charge in [-0.05, 0) is 55.4 Å². The van der Waals surface area contributed by atoms with E-state index in [2.05, 4.69) is 32.1 Å². The van der Waals surface area contributed by atoms with Gasteiger partial charge in [-0.2, -0.15) is 0 Å². The average Bonchev–Trinajstić information content (AvgIpc) is 2.72. The number of rotatable bonds is 11. The monoisotopic (exact) mass is 448 g/mol. The molecule has 0 fully saturated rings. The summed E-state index contributed by atoms with van der Waals surface area (Å²) in [7, 11) is 0. The molecule has 0 spiro atoms. The first kappa shape index (κ1) is 26.8. The van der Waals surface area contributed by atoms with Crippen molar-refractivity contribution in [1.82, 2.24) is 0 Å². The predicted molar refractivity (Wildman–Crippen MR) is 127 cm³/mol. The summed E-state index contributed by atoms with van der Waals surface area (Å²) in [6.45, 7) is 11.9. The molecular formula is C27H44O5. The van der Waals surface area contributed by atoms with Gasteiger partial charge in [0.25, 0.3) is 0 Å². The van der Waals surface area contributed by atoms with E-state index in [-0.39, 0.29) is 54.4 Å². The molecule has 2 aliphatic carbocycles. The summed E-state index contributed by atoms with van der Waals surface area (Å²) in [5.41, 5.74) is 1.24. The van der Waals surface area contributed by atoms with Gasteiger partial charge in [0.15, 0.2) is 0 Å². The van der Waals surface area contributed by atoms with Crippen LogP contribution in [-0.4, -0.2) is 40.3 Å². The van der Waals surface area contributed by atoms with Crippen molar-refractivity contribution in [3.05, 3.63) is 23.8 Å². The molecule has 2 rings (SSSR count). The Kier molecular flexibility index (Phi) is 10.2. The number of ketones is 1. The molecule has 0 aliphatic heterocycles. The second kappa shape index (κ2) is 12.1. The number of Topliss-reactive ketones (excluding diaryl/α,β-unsaturated/α-hetero) is 1. The Bertz CT molecular complexity index is 694. The van der Waals surface area contributed by atoms with Crippen molar-refractivity contribution in [2.45, 2.75) is 98.4 Å². The molecule has 0 aromatic heterocycles. The van der Waals surface area contributed by atoms with Gasteiger partial charge >= 0.3 is 5.97 Å². The van der Waals surface area contributed by atoms with Crippen LogP contribution in [0.5, 0.6) is 0 Å². The van der Waals surface area contributed by atoms with E-state index in [4.69, 9.17) is 4.74 Å². The molecule has 32 heavy (non-hydrogen) atoms. The number of hydrogen-bond acceptors (Lipinski definition) is 5. The van der Waals surface area contributed by atoms with E-state index in [1.165, 1.54) is 5.57 Å². The third-order valence-electron chi connectivity index (χ3n) is 7.34. The second-order valence-electron chi connectivity index (χ2n) is 10.5. The highest BCUT2D eigenvalue weighted by Crippen LogP contribution is 2.45. The Balaban J connectivity index is 2.05. The Morgan fingerprint density at radius 3 is 2.47 bits per heavy atom. The van der Waals surface area contributed by atoms with Crippen molar-refractivity contribution < 1.29 is 24.5 Å². The number of allylic oxidation sites excluding steroid dienone is 3. The minimum absolute atomic E-state index is 0.0211. The van der Waals surface area contributed by atoms with E-state index >= 15 is 0 Å². The van der Waals surface area contributed by atoms with E-state index < -0.39 is 12.2 Å². The highest BCUT2D eigenvalue weighted by atomic mass is 16.5. The van der Waals surface area contributed by atoms with Crippen molar-refractivity contribution in [3.63, 3.8) is 0 Å². The smallest absolute Gasteiger partial charge is 0.308 e. The lowest BCUT2D eigenvalue weighted by Gasteiger charge is -2.43. The molecule has 0 unspecified atom stereocenters. The largest absolute Gasteiger partial charge is 0.461 e. The lowest BCUT2D eigenvalue weighted by atomic mass is 9.65. The van der Waals surface area contributed by atoms with Crippen LogP contribution in [0.1, 0.15) is 80.1 Å². The molecule has 0 saturated carbocycles. The summed E-state index contributed by atoms with van der Waals surface area (Å²) in [5.74, 6) is 0.759. The van der Waals surface area contributed by atoms with Gasteiger partial charge in [-0.3, -0.25) is 9.59 Å². The fourth-order valence-electron chi connectivity index (χ4n) is 5.02. The van der Waals surface area contributed by atoms with Crippen LogP contribution >= 0.6 is 0 Å². The van der Waals surface area contributed by atoms with E-state index in [0.717, 1.165) is 19.3 Å². The van der Waals surface area contributed by atoms with Gasteiger partial charge in [0, 0.05) is 18.3 Å². The van der Waals surface area contributed by atoms with Gasteiger partial charge < -0.3 is 14.9 Å². The maximum atomic E-state index is 12.6. The van der Waals surface area contributed by atoms with Crippen molar-refractivity contribution >= 4 is 11.8 Å². The Labute approximate surface area is 194 Å². The molecule has 5 heteroatoms. The number of carbonyl (C=O) groups is 2. The zero-order valence-electron chi connectivity index (χ0n) is 20.8. The van der Waals surface area contributed by atoms with Crippen LogP contribution in [0, 0.1) is 35.5 Å². The number of fused-ring (bicyclic) bond motifs is 1. The maximum absolute atomic E-state index is 12.6. The van der Waals surface area contributed by atoms with Crippen LogP contribution in [0.2, 0.25) is 0 Å². The minimum atomic E-state index is -0.807. The summed E-state index contributed by atoms with van der Waals surface area (Å²) in [6.07, 6.45) is 8.34. The van der Waals surface area contributed by atoms with Crippen molar-refractivity contribution in [1.29, 1.82) is 0 Å². The second-order valence-corrected chi connectivity index (χ2v) is 10.5. The molecular weight excluding hydrogens is 404 g/mol. The molecule has 5 nitrogen and oxygen atoms in total. The van der Waals surface area contributed by atoms with Crippen LogP contribution in [0.15, 0.2) is 23.8 Å². The number of carbonyl (C=O) groups excluding carboxylic acids is 2. The number of aliphatic hydroxyl groups excluding tert-OH is 2. The lowest BCUT2D eigenvalue weighted by Crippen LogP contribution is -2.41. The van der Waals surface area contributed by atoms with Crippen LogP contribution in [0.4, 0.5) is 0 Å². The molecule has 182 valence electrons. The third kappa shape index (κ3) is 7.28. The first-order chi connectivity index (χ1) is 15.0. The third-order valence-corrected chi connectivity index (χ3v) is 7.34. The summed E-state index contributed by atoms with van der Waals surface area (Å²) < 4.78 is 6.05. The van der Waals surface area contributed by atoms with Crippen molar-refractivity contribution in [3.8, 4) is 0 Å².